The average Bonchev–Trinajstić information content (AvgIpc) is 2.79. The number of aromatic nitrogens is 3. The summed E-state index contributed by atoms with van der Waals surface area (Å²) in [4.78, 5) is 10.9. The molecule has 2 rings (SSSR count). The third-order valence-corrected chi connectivity index (χ3v) is 2.81. The highest BCUT2D eigenvalue weighted by molar-refractivity contribution is 5.55. The van der Waals surface area contributed by atoms with Crippen molar-refractivity contribution in [2.75, 3.05) is 37.8 Å². The third-order valence-electron chi connectivity index (χ3n) is 2.81. The second-order valence-electron chi connectivity index (χ2n) is 5.22. The Morgan fingerprint density at radius 3 is 2.52 bits per heavy atom. The van der Waals surface area contributed by atoms with E-state index in [9.17, 15) is 0 Å². The molecule has 114 valence electrons. The molecule has 0 saturated heterocycles. The van der Waals surface area contributed by atoms with Gasteiger partial charge in [0.15, 0.2) is 5.82 Å². The summed E-state index contributed by atoms with van der Waals surface area (Å²) in [5.74, 6) is 3.61. The minimum absolute atomic E-state index is 0.643. The van der Waals surface area contributed by atoms with E-state index in [2.05, 4.69) is 44.8 Å². The fourth-order valence-electron chi connectivity index (χ4n) is 1.89. The van der Waals surface area contributed by atoms with Crippen LogP contribution in [0.5, 0.6) is 0 Å². The molecule has 7 nitrogen and oxygen atoms in total. The van der Waals surface area contributed by atoms with Gasteiger partial charge in [-0.15, -0.1) is 0 Å². The summed E-state index contributed by atoms with van der Waals surface area (Å²) in [7, 11) is 4.13. The van der Waals surface area contributed by atoms with Gasteiger partial charge in [0.2, 0.25) is 0 Å². The molecule has 2 aromatic heterocycles. The van der Waals surface area contributed by atoms with Crippen LogP contribution in [-0.4, -0.2) is 47.2 Å². The molecule has 0 aliphatic carbocycles. The first-order chi connectivity index (χ1) is 10.0. The van der Waals surface area contributed by atoms with Crippen molar-refractivity contribution in [2.45, 2.75) is 20.3 Å². The summed E-state index contributed by atoms with van der Waals surface area (Å²) in [6.45, 7) is 5.63. The number of nitrogens with one attached hydrogen (secondary N) is 2. The van der Waals surface area contributed by atoms with E-state index in [-0.39, 0.29) is 0 Å². The quantitative estimate of drug-likeness (QED) is 0.757. The van der Waals surface area contributed by atoms with Crippen LogP contribution in [0, 0.1) is 13.8 Å². The van der Waals surface area contributed by atoms with Crippen LogP contribution < -0.4 is 10.6 Å². The highest BCUT2D eigenvalue weighted by Crippen LogP contribution is 2.17. The maximum atomic E-state index is 5.02. The lowest BCUT2D eigenvalue weighted by Crippen LogP contribution is -2.16. The number of nitrogens with zero attached hydrogens (tertiary/aromatic N) is 4. The first kappa shape index (κ1) is 15.2. The zero-order chi connectivity index (χ0) is 15.2. The Morgan fingerprint density at radius 1 is 1.10 bits per heavy atom. The second kappa shape index (κ2) is 7.03. The summed E-state index contributed by atoms with van der Waals surface area (Å²) in [5, 5.41) is 10.3. The van der Waals surface area contributed by atoms with Crippen LogP contribution in [0.2, 0.25) is 0 Å². The summed E-state index contributed by atoms with van der Waals surface area (Å²) in [6.07, 6.45) is 1.06. The van der Waals surface area contributed by atoms with Gasteiger partial charge >= 0.3 is 0 Å². The van der Waals surface area contributed by atoms with Crippen LogP contribution in [0.4, 0.5) is 17.5 Å². The molecule has 0 saturated carbocycles. The van der Waals surface area contributed by atoms with E-state index in [1.165, 1.54) is 0 Å². The Hall–Kier alpha value is -2.15. The highest BCUT2D eigenvalue weighted by atomic mass is 16.5. The summed E-state index contributed by atoms with van der Waals surface area (Å²) < 4.78 is 5.02. The Morgan fingerprint density at radius 2 is 1.86 bits per heavy atom. The largest absolute Gasteiger partial charge is 0.370 e. The van der Waals surface area contributed by atoms with Gasteiger partial charge in [0, 0.05) is 18.7 Å². The van der Waals surface area contributed by atoms with Gasteiger partial charge < -0.3 is 20.1 Å². The Labute approximate surface area is 124 Å². The molecule has 0 aliphatic rings. The van der Waals surface area contributed by atoms with E-state index in [1.807, 2.05) is 26.0 Å². The maximum absolute atomic E-state index is 5.02. The molecule has 7 heteroatoms. The van der Waals surface area contributed by atoms with Crippen molar-refractivity contribution >= 4 is 17.5 Å². The Balaban J connectivity index is 1.96. The predicted octanol–water partition coefficient (Wildman–Crippen LogP) is 2.19. The molecule has 0 bridgehead atoms. The lowest BCUT2D eigenvalue weighted by Gasteiger charge is -2.11. The van der Waals surface area contributed by atoms with E-state index in [4.69, 9.17) is 4.52 Å². The van der Waals surface area contributed by atoms with Crippen LogP contribution in [0.3, 0.4) is 0 Å². The Kier molecular flexibility index (Phi) is 5.10. The van der Waals surface area contributed by atoms with Crippen LogP contribution in [0.15, 0.2) is 16.7 Å². The fraction of sp³-hybridized carbons (Fsp3) is 0.500. The number of hydrogen-bond donors (Lipinski definition) is 2. The van der Waals surface area contributed by atoms with Gasteiger partial charge in [0.1, 0.15) is 23.2 Å². The molecule has 0 aromatic carbocycles. The topological polar surface area (TPSA) is 79.1 Å². The third kappa shape index (κ3) is 5.03. The zero-order valence-corrected chi connectivity index (χ0v) is 13.0. The molecule has 2 aromatic rings. The van der Waals surface area contributed by atoms with Crippen molar-refractivity contribution in [2.24, 2.45) is 0 Å². The van der Waals surface area contributed by atoms with Gasteiger partial charge in [-0.3, -0.25) is 0 Å². The van der Waals surface area contributed by atoms with Gasteiger partial charge in [0.25, 0.3) is 0 Å². The predicted molar refractivity (Wildman–Crippen MR) is 83.0 cm³/mol. The highest BCUT2D eigenvalue weighted by Gasteiger charge is 2.05. The lowest BCUT2D eigenvalue weighted by atomic mass is 10.4. The molecule has 2 N–H and O–H groups in total. The van der Waals surface area contributed by atoms with Crippen LogP contribution in [0.25, 0.3) is 0 Å². The van der Waals surface area contributed by atoms with Crippen molar-refractivity contribution < 1.29 is 4.52 Å². The van der Waals surface area contributed by atoms with Gasteiger partial charge in [0.05, 0.1) is 0 Å². The van der Waals surface area contributed by atoms with E-state index >= 15 is 0 Å². The van der Waals surface area contributed by atoms with Crippen molar-refractivity contribution in [3.05, 3.63) is 23.7 Å². The smallest absolute Gasteiger partial charge is 0.175 e. The molecule has 0 fully saturated rings. The van der Waals surface area contributed by atoms with Gasteiger partial charge in [-0.05, 0) is 40.9 Å². The van der Waals surface area contributed by atoms with Crippen molar-refractivity contribution in [1.82, 2.24) is 20.0 Å². The van der Waals surface area contributed by atoms with Crippen LogP contribution >= 0.6 is 0 Å². The molecule has 0 spiro atoms. The van der Waals surface area contributed by atoms with Crippen molar-refractivity contribution in [1.29, 1.82) is 0 Å². The molecule has 2 heterocycles. The Bertz CT molecular complexity index is 581. The van der Waals surface area contributed by atoms with Crippen LogP contribution in [0.1, 0.15) is 18.0 Å². The number of rotatable bonds is 7. The minimum Gasteiger partial charge on any atom is -0.370 e. The molecule has 0 radical (unpaired) electrons. The molecule has 0 aliphatic heterocycles. The average molecular weight is 290 g/mol. The van der Waals surface area contributed by atoms with Crippen molar-refractivity contribution in [3.8, 4) is 0 Å². The van der Waals surface area contributed by atoms with E-state index in [0.717, 1.165) is 31.1 Å². The van der Waals surface area contributed by atoms with Gasteiger partial charge in [-0.25, -0.2) is 9.97 Å². The number of anilines is 3. The first-order valence-corrected chi connectivity index (χ1v) is 6.97. The fourth-order valence-corrected chi connectivity index (χ4v) is 1.89. The molecular weight excluding hydrogens is 268 g/mol. The van der Waals surface area contributed by atoms with Crippen LogP contribution in [-0.2, 0) is 0 Å². The molecule has 0 atom stereocenters. The molecule has 21 heavy (non-hydrogen) atoms. The summed E-state index contributed by atoms with van der Waals surface area (Å²) in [5.41, 5.74) is 0. The SMILES string of the molecule is Cc1nc(NCCCN(C)C)cc(Nc2cc(C)on2)n1. The summed E-state index contributed by atoms with van der Waals surface area (Å²) >= 11 is 0. The first-order valence-electron chi connectivity index (χ1n) is 6.97. The van der Waals surface area contributed by atoms with E-state index < -0.39 is 0 Å². The van der Waals surface area contributed by atoms with Gasteiger partial charge in [-0.2, -0.15) is 0 Å². The number of hydrogen-bond acceptors (Lipinski definition) is 7. The minimum atomic E-state index is 0.643. The van der Waals surface area contributed by atoms with Crippen molar-refractivity contribution in [3.63, 3.8) is 0 Å². The zero-order valence-electron chi connectivity index (χ0n) is 13.0. The molecule has 0 amide bonds. The van der Waals surface area contributed by atoms with E-state index in [1.54, 1.807) is 0 Å². The lowest BCUT2D eigenvalue weighted by molar-refractivity contribution is 0.400. The van der Waals surface area contributed by atoms with Gasteiger partial charge in [-0.1, -0.05) is 5.16 Å². The summed E-state index contributed by atoms with van der Waals surface area (Å²) in [6, 6.07) is 3.69. The normalized spacial score (nSPS) is 10.9. The molecule has 0 unspecified atom stereocenters. The monoisotopic (exact) mass is 290 g/mol. The van der Waals surface area contributed by atoms with E-state index in [0.29, 0.717) is 17.5 Å². The maximum Gasteiger partial charge on any atom is 0.175 e. The number of aryl methyl sites for hydroxylation is 2. The standard InChI is InChI=1S/C14H22N6O/c1-10-8-14(19-21-10)18-13-9-12(16-11(2)17-13)15-6-5-7-20(3)4/h8-9H,5-7H2,1-4H3,(H2,15,16,17,18,19). The second-order valence-corrected chi connectivity index (χ2v) is 5.22. The molecular formula is C14H22N6O.